The van der Waals surface area contributed by atoms with Gasteiger partial charge in [0.15, 0.2) is 0 Å². The molecular weight excluding hydrogens is 246 g/mol. The van der Waals surface area contributed by atoms with Gasteiger partial charge in [-0.05, 0) is 33.7 Å². The summed E-state index contributed by atoms with van der Waals surface area (Å²) in [6, 6.07) is 0. The summed E-state index contributed by atoms with van der Waals surface area (Å²) in [5.41, 5.74) is -0.418. The van der Waals surface area contributed by atoms with Crippen molar-refractivity contribution in [2.45, 2.75) is 32.8 Å². The van der Waals surface area contributed by atoms with E-state index in [4.69, 9.17) is 14.2 Å². The van der Waals surface area contributed by atoms with Crippen molar-refractivity contribution in [1.29, 1.82) is 0 Å². The molecule has 0 spiro atoms. The number of hydrogen-bond donors (Lipinski definition) is 0. The highest BCUT2D eigenvalue weighted by atomic mass is 16.6. The average molecular weight is 273 g/mol. The summed E-state index contributed by atoms with van der Waals surface area (Å²) in [6.07, 6.45) is 0.984. The average Bonchev–Trinajstić information content (AvgIpc) is 2.59. The lowest BCUT2D eigenvalue weighted by Gasteiger charge is -2.28. The number of rotatable bonds is 6. The predicted octanol–water partition coefficient (Wildman–Crippen LogP) is 1.31. The van der Waals surface area contributed by atoms with Crippen LogP contribution in [0, 0.1) is 5.41 Å². The maximum Gasteiger partial charge on any atom is 0.320 e. The summed E-state index contributed by atoms with van der Waals surface area (Å²) in [6.45, 7) is 9.00. The van der Waals surface area contributed by atoms with Crippen LogP contribution in [0.25, 0.3) is 0 Å². The fourth-order valence-corrected chi connectivity index (χ4v) is 2.61. The molecule has 0 radical (unpaired) electrons. The zero-order valence-electron chi connectivity index (χ0n) is 12.8. The van der Waals surface area contributed by atoms with Crippen molar-refractivity contribution in [3.63, 3.8) is 0 Å². The van der Waals surface area contributed by atoms with Gasteiger partial charge >= 0.3 is 5.97 Å². The Kier molecular flexibility index (Phi) is 5.77. The van der Waals surface area contributed by atoms with Crippen LogP contribution in [0.2, 0.25) is 0 Å². The highest BCUT2D eigenvalue weighted by Crippen LogP contribution is 2.31. The molecule has 0 bridgehead atoms. The van der Waals surface area contributed by atoms with Crippen molar-refractivity contribution in [2.24, 2.45) is 5.41 Å². The van der Waals surface area contributed by atoms with E-state index in [0.717, 1.165) is 19.5 Å². The zero-order valence-corrected chi connectivity index (χ0v) is 12.8. The Balaban J connectivity index is 2.48. The van der Waals surface area contributed by atoms with E-state index in [1.54, 1.807) is 14.2 Å². The highest BCUT2D eigenvalue weighted by Gasteiger charge is 2.39. The number of esters is 1. The van der Waals surface area contributed by atoms with Gasteiger partial charge in [0.2, 0.25) is 0 Å². The summed E-state index contributed by atoms with van der Waals surface area (Å²) >= 11 is 0. The predicted molar refractivity (Wildman–Crippen MR) is 73.1 cm³/mol. The molecule has 0 unspecified atom stereocenters. The Morgan fingerprint density at radius 3 is 2.26 bits per heavy atom. The molecule has 112 valence electrons. The molecule has 1 heterocycles. The van der Waals surface area contributed by atoms with Crippen LogP contribution < -0.4 is 0 Å². The Bertz CT molecular complexity index is 292. The van der Waals surface area contributed by atoms with Gasteiger partial charge in [0.25, 0.3) is 0 Å². The van der Waals surface area contributed by atoms with Crippen molar-refractivity contribution >= 4 is 5.97 Å². The highest BCUT2D eigenvalue weighted by molar-refractivity contribution is 5.72. The molecule has 0 aromatic carbocycles. The number of hydrogen-bond acceptors (Lipinski definition) is 5. The normalized spacial score (nSPS) is 19.6. The zero-order chi connectivity index (χ0) is 14.5. The molecule has 5 nitrogen and oxygen atoms in total. The van der Waals surface area contributed by atoms with Crippen LogP contribution in [0.5, 0.6) is 0 Å². The molecule has 1 fully saturated rings. The largest absolute Gasteiger partial charge is 0.459 e. The Morgan fingerprint density at radius 1 is 1.21 bits per heavy atom. The molecule has 1 rings (SSSR count). The van der Waals surface area contributed by atoms with Gasteiger partial charge in [0.1, 0.15) is 5.60 Å². The van der Waals surface area contributed by atoms with Gasteiger partial charge < -0.3 is 14.2 Å². The number of ether oxygens (including phenoxy) is 3. The molecule has 0 aliphatic carbocycles. The molecule has 0 aromatic rings. The third-order valence-corrected chi connectivity index (χ3v) is 3.19. The molecule has 1 aliphatic rings. The number of nitrogens with zero attached hydrogens (tertiary/aromatic N) is 1. The number of likely N-dealkylation sites (tertiary alicyclic amines) is 1. The standard InChI is InChI=1S/C14H27NO4/c1-13(2,3)19-12(16)8-15-7-6-14(9-15,10-17-4)11-18-5/h6-11H2,1-5H3. The Labute approximate surface area is 116 Å². The van der Waals surface area contributed by atoms with Crippen LogP contribution in [-0.4, -0.2) is 63.5 Å². The van der Waals surface area contributed by atoms with Crippen molar-refractivity contribution in [2.75, 3.05) is 47.1 Å². The summed E-state index contributed by atoms with van der Waals surface area (Å²) in [4.78, 5) is 13.9. The molecule has 19 heavy (non-hydrogen) atoms. The summed E-state index contributed by atoms with van der Waals surface area (Å²) in [5.74, 6) is -0.168. The van der Waals surface area contributed by atoms with E-state index >= 15 is 0 Å². The van der Waals surface area contributed by atoms with Crippen molar-refractivity contribution < 1.29 is 19.0 Å². The second kappa shape index (κ2) is 6.68. The third-order valence-electron chi connectivity index (χ3n) is 3.19. The van der Waals surface area contributed by atoms with Crippen LogP contribution in [0.1, 0.15) is 27.2 Å². The van der Waals surface area contributed by atoms with Gasteiger partial charge in [-0.15, -0.1) is 0 Å². The molecule has 0 N–H and O–H groups in total. The second-order valence-corrected chi connectivity index (χ2v) is 6.41. The van der Waals surface area contributed by atoms with Crippen molar-refractivity contribution in [3.05, 3.63) is 0 Å². The van der Waals surface area contributed by atoms with Crippen LogP contribution in [-0.2, 0) is 19.0 Å². The summed E-state index contributed by atoms with van der Waals surface area (Å²) in [7, 11) is 3.40. The lowest BCUT2D eigenvalue weighted by atomic mass is 9.89. The maximum absolute atomic E-state index is 11.8. The minimum atomic E-state index is -0.424. The van der Waals surface area contributed by atoms with Crippen LogP contribution in [0.15, 0.2) is 0 Å². The molecule has 0 aromatic heterocycles. The van der Waals surface area contributed by atoms with E-state index in [-0.39, 0.29) is 11.4 Å². The van der Waals surface area contributed by atoms with Gasteiger partial charge in [0, 0.05) is 26.2 Å². The number of methoxy groups -OCH3 is 2. The molecule has 0 saturated carbocycles. The van der Waals surface area contributed by atoms with Gasteiger partial charge in [-0.1, -0.05) is 0 Å². The van der Waals surface area contributed by atoms with E-state index in [1.807, 2.05) is 20.8 Å². The molecule has 5 heteroatoms. The lowest BCUT2D eigenvalue weighted by Crippen LogP contribution is -2.38. The van der Waals surface area contributed by atoms with Crippen LogP contribution in [0.4, 0.5) is 0 Å². The van der Waals surface area contributed by atoms with E-state index in [1.165, 1.54) is 0 Å². The minimum Gasteiger partial charge on any atom is -0.459 e. The van der Waals surface area contributed by atoms with Crippen molar-refractivity contribution in [3.8, 4) is 0 Å². The summed E-state index contributed by atoms with van der Waals surface area (Å²) in [5, 5.41) is 0. The first-order valence-corrected chi connectivity index (χ1v) is 6.72. The van der Waals surface area contributed by atoms with E-state index in [9.17, 15) is 4.79 Å². The maximum atomic E-state index is 11.8. The fraction of sp³-hybridized carbons (Fsp3) is 0.929. The van der Waals surface area contributed by atoms with Gasteiger partial charge in [0.05, 0.1) is 19.8 Å². The van der Waals surface area contributed by atoms with Crippen molar-refractivity contribution in [1.82, 2.24) is 4.90 Å². The van der Waals surface area contributed by atoms with Gasteiger partial charge in [-0.2, -0.15) is 0 Å². The van der Waals surface area contributed by atoms with E-state index in [0.29, 0.717) is 19.8 Å². The van der Waals surface area contributed by atoms with Gasteiger partial charge in [-0.25, -0.2) is 0 Å². The quantitative estimate of drug-likeness (QED) is 0.683. The molecule has 0 amide bonds. The van der Waals surface area contributed by atoms with Gasteiger partial charge in [-0.3, -0.25) is 9.69 Å². The van der Waals surface area contributed by atoms with Crippen LogP contribution >= 0.6 is 0 Å². The monoisotopic (exact) mass is 273 g/mol. The van der Waals surface area contributed by atoms with E-state index < -0.39 is 5.60 Å². The SMILES string of the molecule is COCC1(COC)CCN(CC(=O)OC(C)(C)C)C1. The molecule has 0 atom stereocenters. The number of carbonyl (C=O) groups excluding carboxylic acids is 1. The first-order valence-electron chi connectivity index (χ1n) is 6.72. The smallest absolute Gasteiger partial charge is 0.320 e. The first kappa shape index (κ1) is 16.4. The lowest BCUT2D eigenvalue weighted by molar-refractivity contribution is -0.156. The minimum absolute atomic E-state index is 0.00547. The third kappa shape index (κ3) is 5.47. The Hall–Kier alpha value is -0.650. The number of carbonyl (C=O) groups is 1. The second-order valence-electron chi connectivity index (χ2n) is 6.41. The molecule has 1 aliphatic heterocycles. The summed E-state index contributed by atoms with van der Waals surface area (Å²) < 4.78 is 15.9. The topological polar surface area (TPSA) is 48.0 Å². The molecular formula is C14H27NO4. The Morgan fingerprint density at radius 2 is 1.79 bits per heavy atom. The van der Waals surface area contributed by atoms with E-state index in [2.05, 4.69) is 4.90 Å². The first-order chi connectivity index (χ1) is 8.80. The molecule has 1 saturated heterocycles. The van der Waals surface area contributed by atoms with Crippen LogP contribution in [0.3, 0.4) is 0 Å². The fourth-order valence-electron chi connectivity index (χ4n) is 2.61.